The number of benzene rings is 1. The van der Waals surface area contributed by atoms with Crippen molar-refractivity contribution in [2.24, 2.45) is 0 Å². The number of hydrogen-bond acceptors (Lipinski definition) is 3. The average Bonchev–Trinajstić information content (AvgIpc) is 2.43. The van der Waals surface area contributed by atoms with Crippen molar-refractivity contribution in [2.45, 2.75) is 32.2 Å². The lowest BCUT2D eigenvalue weighted by Crippen LogP contribution is -2.39. The number of carboxylic acids is 1. The predicted octanol–water partition coefficient (Wildman–Crippen LogP) is 1.62. The maximum absolute atomic E-state index is 11.7. The van der Waals surface area contributed by atoms with Crippen LogP contribution in [0.25, 0.3) is 0 Å². The van der Waals surface area contributed by atoms with Gasteiger partial charge in [-0.2, -0.15) is 0 Å². The van der Waals surface area contributed by atoms with E-state index in [-0.39, 0.29) is 25.0 Å². The molecule has 0 bridgehead atoms. The third kappa shape index (κ3) is 6.89. The molecule has 1 unspecified atom stereocenters. The van der Waals surface area contributed by atoms with Crippen LogP contribution in [-0.4, -0.2) is 36.2 Å². The molecule has 5 heteroatoms. The van der Waals surface area contributed by atoms with Crippen LogP contribution in [0.5, 0.6) is 0 Å². The molecule has 1 amide bonds. The van der Waals surface area contributed by atoms with Crippen LogP contribution in [0.4, 0.5) is 0 Å². The first kappa shape index (κ1) is 16.2. The largest absolute Gasteiger partial charge is 0.481 e. The maximum Gasteiger partial charge on any atom is 0.303 e. The van der Waals surface area contributed by atoms with Crippen molar-refractivity contribution >= 4 is 11.9 Å². The van der Waals surface area contributed by atoms with Gasteiger partial charge in [-0.3, -0.25) is 9.59 Å². The molecule has 0 spiro atoms. The van der Waals surface area contributed by atoms with Crippen molar-refractivity contribution in [1.29, 1.82) is 0 Å². The number of aliphatic carboxylic acids is 1. The Balaban J connectivity index is 2.55. The fraction of sp³-hybridized carbons (Fsp3) is 0.467. The van der Waals surface area contributed by atoms with Gasteiger partial charge in [-0.25, -0.2) is 0 Å². The molecule has 1 aromatic rings. The van der Waals surface area contributed by atoms with Gasteiger partial charge in [-0.1, -0.05) is 30.3 Å². The lowest BCUT2D eigenvalue weighted by molar-refractivity contribution is -0.137. The molecule has 110 valence electrons. The molecular formula is C15H21NO4. The van der Waals surface area contributed by atoms with Crippen molar-refractivity contribution in [2.75, 3.05) is 13.2 Å². The molecule has 5 nitrogen and oxygen atoms in total. The fourth-order valence-corrected chi connectivity index (χ4v) is 1.89. The van der Waals surface area contributed by atoms with E-state index in [2.05, 4.69) is 5.32 Å². The molecule has 0 radical (unpaired) electrons. The molecule has 2 N–H and O–H groups in total. The number of carbonyl (C=O) groups is 2. The molecule has 0 saturated carbocycles. The predicted molar refractivity (Wildman–Crippen MR) is 75.4 cm³/mol. The molecule has 0 heterocycles. The first-order valence-corrected chi connectivity index (χ1v) is 6.74. The molecule has 1 rings (SSSR count). The summed E-state index contributed by atoms with van der Waals surface area (Å²) in [6, 6.07) is 9.49. The summed E-state index contributed by atoms with van der Waals surface area (Å²) >= 11 is 0. The third-order valence-corrected chi connectivity index (χ3v) is 2.83. The number of rotatable bonds is 9. The number of carboxylic acid groups (broad SMARTS) is 1. The molecule has 0 aliphatic carbocycles. The fourth-order valence-electron chi connectivity index (χ4n) is 1.89. The summed E-state index contributed by atoms with van der Waals surface area (Å²) in [5.41, 5.74) is 1.07. The number of nitrogens with one attached hydrogen (secondary N) is 1. The summed E-state index contributed by atoms with van der Waals surface area (Å²) in [5, 5.41) is 11.6. The van der Waals surface area contributed by atoms with E-state index in [0.29, 0.717) is 19.4 Å². The molecule has 1 aromatic carbocycles. The molecule has 0 fully saturated rings. The van der Waals surface area contributed by atoms with Crippen LogP contribution in [0.1, 0.15) is 25.3 Å². The maximum atomic E-state index is 11.7. The van der Waals surface area contributed by atoms with Gasteiger partial charge >= 0.3 is 5.97 Å². The highest BCUT2D eigenvalue weighted by molar-refractivity contribution is 5.77. The molecule has 0 saturated heterocycles. The van der Waals surface area contributed by atoms with Crippen molar-refractivity contribution in [3.63, 3.8) is 0 Å². The lowest BCUT2D eigenvalue weighted by Gasteiger charge is -2.18. The molecule has 0 aliphatic heterocycles. The van der Waals surface area contributed by atoms with Crippen LogP contribution in [0.15, 0.2) is 30.3 Å². The second kappa shape index (κ2) is 9.09. The van der Waals surface area contributed by atoms with E-state index < -0.39 is 5.97 Å². The van der Waals surface area contributed by atoms with E-state index >= 15 is 0 Å². The third-order valence-electron chi connectivity index (χ3n) is 2.83. The first-order chi connectivity index (χ1) is 9.61. The van der Waals surface area contributed by atoms with E-state index in [1.807, 2.05) is 37.3 Å². The van der Waals surface area contributed by atoms with Gasteiger partial charge in [0.25, 0.3) is 0 Å². The monoisotopic (exact) mass is 279 g/mol. The van der Waals surface area contributed by atoms with Gasteiger partial charge in [0.1, 0.15) is 6.61 Å². The molecule has 0 aromatic heterocycles. The minimum absolute atomic E-state index is 0.00879. The van der Waals surface area contributed by atoms with Crippen LogP contribution in [0.3, 0.4) is 0 Å². The van der Waals surface area contributed by atoms with Crippen LogP contribution in [-0.2, 0) is 20.7 Å². The van der Waals surface area contributed by atoms with Crippen LogP contribution in [0.2, 0.25) is 0 Å². The van der Waals surface area contributed by atoms with Crippen molar-refractivity contribution in [3.8, 4) is 0 Å². The van der Waals surface area contributed by atoms with E-state index in [9.17, 15) is 9.59 Å². The summed E-state index contributed by atoms with van der Waals surface area (Å²) in [6.07, 6.45) is 1.06. The zero-order valence-electron chi connectivity index (χ0n) is 11.7. The Labute approximate surface area is 118 Å². The van der Waals surface area contributed by atoms with Gasteiger partial charge in [0.15, 0.2) is 0 Å². The summed E-state index contributed by atoms with van der Waals surface area (Å²) < 4.78 is 5.04. The normalized spacial score (nSPS) is 11.8. The van der Waals surface area contributed by atoms with Gasteiger partial charge in [0, 0.05) is 19.1 Å². The highest BCUT2D eigenvalue weighted by atomic mass is 16.5. The Morgan fingerprint density at radius 2 is 2.00 bits per heavy atom. The Morgan fingerprint density at radius 1 is 1.30 bits per heavy atom. The minimum Gasteiger partial charge on any atom is -0.481 e. The van der Waals surface area contributed by atoms with E-state index in [4.69, 9.17) is 9.84 Å². The van der Waals surface area contributed by atoms with Crippen LogP contribution in [0, 0.1) is 0 Å². The summed E-state index contributed by atoms with van der Waals surface area (Å²) in [4.78, 5) is 22.3. The highest BCUT2D eigenvalue weighted by Gasteiger charge is 2.14. The van der Waals surface area contributed by atoms with Crippen molar-refractivity contribution in [1.82, 2.24) is 5.32 Å². The standard InChI is InChI=1S/C15H21NO4/c1-2-20-11-14(17)16-13(8-9-15(18)19)10-12-6-4-3-5-7-12/h3-7,13H,2,8-11H2,1H3,(H,16,17)(H,18,19). The van der Waals surface area contributed by atoms with Crippen molar-refractivity contribution in [3.05, 3.63) is 35.9 Å². The highest BCUT2D eigenvalue weighted by Crippen LogP contribution is 2.08. The van der Waals surface area contributed by atoms with E-state index in [0.717, 1.165) is 5.56 Å². The Kier molecular flexibility index (Phi) is 7.35. The molecule has 0 aliphatic rings. The smallest absolute Gasteiger partial charge is 0.303 e. The summed E-state index contributed by atoms with van der Waals surface area (Å²) in [7, 11) is 0. The number of amides is 1. The van der Waals surface area contributed by atoms with Gasteiger partial charge in [0.05, 0.1) is 0 Å². The lowest BCUT2D eigenvalue weighted by atomic mass is 10.0. The van der Waals surface area contributed by atoms with Gasteiger partial charge in [-0.15, -0.1) is 0 Å². The van der Waals surface area contributed by atoms with Crippen LogP contribution < -0.4 is 5.32 Å². The van der Waals surface area contributed by atoms with Gasteiger partial charge in [0.2, 0.25) is 5.91 Å². The Hall–Kier alpha value is -1.88. The minimum atomic E-state index is -0.859. The van der Waals surface area contributed by atoms with Gasteiger partial charge in [-0.05, 0) is 25.3 Å². The molecule has 20 heavy (non-hydrogen) atoms. The second-order valence-electron chi connectivity index (χ2n) is 4.52. The Morgan fingerprint density at radius 3 is 2.60 bits per heavy atom. The first-order valence-electron chi connectivity index (χ1n) is 6.74. The number of ether oxygens (including phenoxy) is 1. The van der Waals surface area contributed by atoms with Gasteiger partial charge < -0.3 is 15.2 Å². The van der Waals surface area contributed by atoms with Crippen molar-refractivity contribution < 1.29 is 19.4 Å². The average molecular weight is 279 g/mol. The second-order valence-corrected chi connectivity index (χ2v) is 4.52. The zero-order chi connectivity index (χ0) is 14.8. The van der Waals surface area contributed by atoms with E-state index in [1.165, 1.54) is 0 Å². The molecule has 1 atom stereocenters. The van der Waals surface area contributed by atoms with E-state index in [1.54, 1.807) is 0 Å². The summed E-state index contributed by atoms with van der Waals surface area (Å²) in [5.74, 6) is -1.07. The molecular weight excluding hydrogens is 258 g/mol. The Bertz CT molecular complexity index is 419. The topological polar surface area (TPSA) is 75.6 Å². The number of hydrogen-bond donors (Lipinski definition) is 2. The van der Waals surface area contributed by atoms with Crippen LogP contribution >= 0.6 is 0 Å². The number of carbonyl (C=O) groups excluding carboxylic acids is 1. The SMILES string of the molecule is CCOCC(=O)NC(CCC(=O)O)Cc1ccccc1. The zero-order valence-corrected chi connectivity index (χ0v) is 11.7. The quantitative estimate of drug-likeness (QED) is 0.720. The summed E-state index contributed by atoms with van der Waals surface area (Å²) in [6.45, 7) is 2.31.